The zero-order valence-corrected chi connectivity index (χ0v) is 33.2. The minimum atomic E-state index is -1.76. The molecule has 6 amide bonds. The first-order valence-electron chi connectivity index (χ1n) is 19.5. The Morgan fingerprint density at radius 2 is 1.61 bits per heavy atom. The Hall–Kier alpha value is -5.23. The molecule has 19 heteroatoms. The number of aliphatic hydroxyl groups excluding tert-OH is 1. The molecule has 2 aromatic carbocycles. The molecule has 0 radical (unpaired) electrons. The molecule has 4 aliphatic heterocycles. The van der Waals surface area contributed by atoms with Crippen molar-refractivity contribution in [3.8, 4) is 0 Å². The number of halogens is 4. The normalized spacial score (nSPS) is 27.3. The van der Waals surface area contributed by atoms with Crippen molar-refractivity contribution in [3.63, 3.8) is 0 Å². The molecule has 2 aromatic rings. The zero-order valence-electron chi connectivity index (χ0n) is 32.4. The van der Waals surface area contributed by atoms with Gasteiger partial charge in [0.15, 0.2) is 0 Å². The summed E-state index contributed by atoms with van der Waals surface area (Å²) in [5.41, 5.74) is -0.151. The maximum absolute atomic E-state index is 14.6. The SMILES string of the molecule is C[C@@H]1C[C@H]2C(=O)OC[C@H](NC(=O)[C@H](Cc3cc(F)cc(F)c3)NC(=O)Cc3ccc(Cl)cc3F)C(=O)N3C[C@H](O)C[C@H]3C(=O)N3CCCCC3C(=O)N[C@@H](C)C(=O)N2C1. The van der Waals surface area contributed by atoms with Crippen LogP contribution < -0.4 is 16.0 Å². The maximum atomic E-state index is 14.6. The minimum absolute atomic E-state index is 0.0702. The van der Waals surface area contributed by atoms with Crippen molar-refractivity contribution in [1.29, 1.82) is 0 Å². The van der Waals surface area contributed by atoms with E-state index in [0.717, 1.165) is 23.1 Å². The van der Waals surface area contributed by atoms with E-state index in [4.69, 9.17) is 16.3 Å². The number of nitrogens with one attached hydrogen (secondary N) is 3. The van der Waals surface area contributed by atoms with E-state index in [2.05, 4.69) is 16.0 Å². The lowest BCUT2D eigenvalue weighted by Gasteiger charge is -2.39. The molecule has 8 atom stereocenters. The van der Waals surface area contributed by atoms with Crippen molar-refractivity contribution < 1.29 is 56.6 Å². The number of benzene rings is 2. The number of carbonyl (C=O) groups is 7. The summed E-state index contributed by atoms with van der Waals surface area (Å²) in [6.45, 7) is 2.40. The Balaban J connectivity index is 1.33. The van der Waals surface area contributed by atoms with Gasteiger partial charge in [0.1, 0.15) is 60.3 Å². The van der Waals surface area contributed by atoms with E-state index < -0.39 is 121 Å². The number of aliphatic hydroxyl groups is 1. The number of carbonyl (C=O) groups excluding carboxylic acids is 7. The molecule has 0 aliphatic carbocycles. The first-order chi connectivity index (χ1) is 28.0. The first-order valence-corrected chi connectivity index (χ1v) is 19.9. The van der Waals surface area contributed by atoms with Gasteiger partial charge in [-0.3, -0.25) is 28.8 Å². The van der Waals surface area contributed by atoms with Crippen molar-refractivity contribution in [3.05, 3.63) is 70.0 Å². The van der Waals surface area contributed by atoms with Crippen LogP contribution in [0, 0.1) is 23.4 Å². The Morgan fingerprint density at radius 1 is 0.898 bits per heavy atom. The number of piperidine rings is 1. The molecule has 4 saturated heterocycles. The molecule has 0 aromatic heterocycles. The van der Waals surface area contributed by atoms with E-state index in [9.17, 15) is 51.8 Å². The van der Waals surface area contributed by atoms with Gasteiger partial charge < -0.3 is 40.5 Å². The van der Waals surface area contributed by atoms with Gasteiger partial charge in [-0.2, -0.15) is 0 Å². The predicted molar refractivity (Wildman–Crippen MR) is 202 cm³/mol. The number of nitrogens with zero attached hydrogens (tertiary/aromatic N) is 3. The van der Waals surface area contributed by atoms with Gasteiger partial charge in [-0.05, 0) is 73.9 Å². The average molecular weight is 847 g/mol. The Bertz CT molecular complexity index is 1990. The summed E-state index contributed by atoms with van der Waals surface area (Å²) in [7, 11) is 0. The second-order valence-electron chi connectivity index (χ2n) is 15.7. The van der Waals surface area contributed by atoms with Gasteiger partial charge in [-0.15, -0.1) is 0 Å². The van der Waals surface area contributed by atoms with Crippen molar-refractivity contribution in [2.24, 2.45) is 5.92 Å². The molecule has 4 fully saturated rings. The molecule has 1 unspecified atom stereocenters. The summed E-state index contributed by atoms with van der Waals surface area (Å²) < 4.78 is 48.8. The fourth-order valence-corrected chi connectivity index (χ4v) is 8.41. The van der Waals surface area contributed by atoms with Crippen LogP contribution in [0.25, 0.3) is 0 Å². The predicted octanol–water partition coefficient (Wildman–Crippen LogP) is 1.15. The van der Waals surface area contributed by atoms with Gasteiger partial charge in [0.05, 0.1) is 12.5 Å². The number of esters is 1. The topological polar surface area (TPSA) is 195 Å². The lowest BCUT2D eigenvalue weighted by atomic mass is 9.99. The highest BCUT2D eigenvalue weighted by Gasteiger charge is 2.47. The van der Waals surface area contributed by atoms with Gasteiger partial charge in [0.2, 0.25) is 35.4 Å². The summed E-state index contributed by atoms with van der Waals surface area (Å²) >= 11 is 5.84. The molecular weight excluding hydrogens is 801 g/mol. The van der Waals surface area contributed by atoms with Crippen molar-refractivity contribution in [1.82, 2.24) is 30.7 Å². The molecule has 4 aliphatic rings. The quantitative estimate of drug-likeness (QED) is 0.296. The van der Waals surface area contributed by atoms with Crippen LogP contribution in [0.3, 0.4) is 0 Å². The third kappa shape index (κ3) is 10.1. The van der Waals surface area contributed by atoms with E-state index in [0.29, 0.717) is 18.9 Å². The molecule has 15 nitrogen and oxygen atoms in total. The molecule has 4 heterocycles. The van der Waals surface area contributed by atoms with E-state index in [1.54, 1.807) is 0 Å². The smallest absolute Gasteiger partial charge is 0.328 e. The van der Waals surface area contributed by atoms with Crippen molar-refractivity contribution in [2.45, 2.75) is 101 Å². The third-order valence-electron chi connectivity index (χ3n) is 11.1. The molecule has 0 spiro atoms. The molecule has 6 rings (SSSR count). The molecule has 4 N–H and O–H groups in total. The van der Waals surface area contributed by atoms with Crippen LogP contribution in [0.4, 0.5) is 13.2 Å². The summed E-state index contributed by atoms with van der Waals surface area (Å²) in [5.74, 6) is -8.58. The van der Waals surface area contributed by atoms with Crippen LogP contribution in [0.2, 0.25) is 5.02 Å². The molecular formula is C40H46ClF3N6O9. The Labute approximate surface area is 342 Å². The zero-order chi connectivity index (χ0) is 42.7. The highest BCUT2D eigenvalue weighted by atomic mass is 35.5. The van der Waals surface area contributed by atoms with Gasteiger partial charge >= 0.3 is 5.97 Å². The van der Waals surface area contributed by atoms with Gasteiger partial charge in [0.25, 0.3) is 0 Å². The highest BCUT2D eigenvalue weighted by Crippen LogP contribution is 2.28. The van der Waals surface area contributed by atoms with E-state index in [1.807, 2.05) is 6.92 Å². The minimum Gasteiger partial charge on any atom is -0.461 e. The van der Waals surface area contributed by atoms with Crippen LogP contribution in [0.15, 0.2) is 36.4 Å². The van der Waals surface area contributed by atoms with Crippen LogP contribution in [-0.4, -0.2) is 130 Å². The van der Waals surface area contributed by atoms with E-state index in [1.165, 1.54) is 28.9 Å². The van der Waals surface area contributed by atoms with Crippen molar-refractivity contribution >= 4 is 53.0 Å². The lowest BCUT2D eigenvalue weighted by molar-refractivity contribution is -0.158. The summed E-state index contributed by atoms with van der Waals surface area (Å²) in [6, 6.07) is -1.84. The van der Waals surface area contributed by atoms with Crippen LogP contribution in [-0.2, 0) is 51.1 Å². The highest BCUT2D eigenvalue weighted by molar-refractivity contribution is 6.30. The molecule has 0 bridgehead atoms. The maximum Gasteiger partial charge on any atom is 0.328 e. The number of hydrogen-bond acceptors (Lipinski definition) is 9. The van der Waals surface area contributed by atoms with Gasteiger partial charge in [-0.25, -0.2) is 18.0 Å². The summed E-state index contributed by atoms with van der Waals surface area (Å²) in [5, 5.41) is 18.5. The largest absolute Gasteiger partial charge is 0.461 e. The van der Waals surface area contributed by atoms with Crippen LogP contribution in [0.1, 0.15) is 57.1 Å². The van der Waals surface area contributed by atoms with Gasteiger partial charge in [0, 0.05) is 43.6 Å². The molecule has 318 valence electrons. The average Bonchev–Trinajstić information content (AvgIpc) is 3.77. The number of amides is 6. The number of fused-ring (bicyclic) bond motifs is 3. The number of ether oxygens (including phenoxy) is 1. The van der Waals surface area contributed by atoms with Gasteiger partial charge in [-0.1, -0.05) is 24.6 Å². The monoisotopic (exact) mass is 846 g/mol. The number of hydrogen-bond donors (Lipinski definition) is 4. The van der Waals surface area contributed by atoms with Crippen LogP contribution in [0.5, 0.6) is 0 Å². The number of rotatable bonds is 7. The summed E-state index contributed by atoms with van der Waals surface area (Å²) in [4.78, 5) is 101. The van der Waals surface area contributed by atoms with E-state index in [-0.39, 0.29) is 61.0 Å². The third-order valence-corrected chi connectivity index (χ3v) is 11.4. The lowest BCUT2D eigenvalue weighted by Crippen LogP contribution is -2.62. The Kier molecular flexibility index (Phi) is 13.5. The fraction of sp³-hybridized carbons (Fsp3) is 0.525. The molecule has 59 heavy (non-hydrogen) atoms. The Morgan fingerprint density at radius 3 is 2.32 bits per heavy atom. The molecule has 0 saturated carbocycles. The standard InChI is InChI=1S/C40H46ClF3N6O9/c1-20-9-33-40(58)59-19-30(47-35(53)29(12-22-10-25(42)15-26(43)11-22)46-34(52)13-23-6-7-24(41)14-28(23)44)38(56)50-18-27(51)16-32(50)39(57)48-8-4-3-5-31(48)36(54)45-21(2)37(55)49(33)17-20/h6-7,10-11,14-15,20-21,27,29-33,51H,3-5,8-9,12-13,16-19H2,1-2H3,(H,45,54)(H,46,52)(H,47,53)/t20-,21+,27-,29+,30+,31?,32+,33+/m1/s1. The second kappa shape index (κ2) is 18.4. The second-order valence-corrected chi connectivity index (χ2v) is 16.2. The summed E-state index contributed by atoms with van der Waals surface area (Å²) in [6.07, 6.45) is -0.916. The fourth-order valence-electron chi connectivity index (χ4n) is 8.25. The van der Waals surface area contributed by atoms with E-state index >= 15 is 0 Å². The van der Waals surface area contributed by atoms with Crippen molar-refractivity contribution in [2.75, 3.05) is 26.2 Å². The van der Waals surface area contributed by atoms with Crippen LogP contribution >= 0.6 is 11.6 Å². The number of cyclic esters (lactones) is 1. The first kappa shape index (κ1) is 43.4.